The number of carbonyl (C=O) groups excluding carboxylic acids is 1. The second-order valence-electron chi connectivity index (χ2n) is 6.21. The summed E-state index contributed by atoms with van der Waals surface area (Å²) in [5.74, 6) is 0.208. The highest BCUT2D eigenvalue weighted by molar-refractivity contribution is 5.98. The van der Waals surface area contributed by atoms with Crippen molar-refractivity contribution in [2.45, 2.75) is 25.7 Å². The predicted molar refractivity (Wildman–Crippen MR) is 92.2 cm³/mol. The molecule has 1 fully saturated rings. The highest BCUT2D eigenvalue weighted by Gasteiger charge is 2.29. The van der Waals surface area contributed by atoms with E-state index < -0.39 is 4.92 Å². The van der Waals surface area contributed by atoms with E-state index in [0.29, 0.717) is 24.6 Å². The molecule has 0 N–H and O–H groups in total. The van der Waals surface area contributed by atoms with Crippen LogP contribution in [-0.4, -0.2) is 28.8 Å². The Bertz CT molecular complexity index is 750. The van der Waals surface area contributed by atoms with Crippen molar-refractivity contribution >= 4 is 11.6 Å². The molecule has 1 heterocycles. The molecule has 3 rings (SSSR count). The molecule has 5 heteroatoms. The second kappa shape index (κ2) is 6.83. The molecule has 124 valence electrons. The summed E-state index contributed by atoms with van der Waals surface area (Å²) in [5, 5.41) is 11.3. The van der Waals surface area contributed by atoms with E-state index in [1.54, 1.807) is 30.0 Å². The number of nitrogens with zero attached hydrogens (tertiary/aromatic N) is 2. The zero-order valence-electron chi connectivity index (χ0n) is 13.6. The Labute approximate surface area is 141 Å². The Kier molecular flexibility index (Phi) is 4.60. The molecule has 1 aliphatic heterocycles. The van der Waals surface area contributed by atoms with Gasteiger partial charge in [0.2, 0.25) is 0 Å². The fourth-order valence-corrected chi connectivity index (χ4v) is 3.39. The third kappa shape index (κ3) is 3.15. The zero-order chi connectivity index (χ0) is 17.1. The molecular weight excluding hydrogens is 304 g/mol. The SMILES string of the molecule is Cc1cccc(C(=O)N2CCC(c3ccccc3)CC2)c1[N+](=O)[O-]. The molecule has 0 saturated carbocycles. The number of amides is 1. The molecule has 2 aromatic carbocycles. The van der Waals surface area contributed by atoms with Crippen LogP contribution in [0.1, 0.15) is 40.2 Å². The van der Waals surface area contributed by atoms with E-state index >= 15 is 0 Å². The molecule has 0 spiro atoms. The third-order valence-corrected chi connectivity index (χ3v) is 4.70. The summed E-state index contributed by atoms with van der Waals surface area (Å²) in [6, 6.07) is 15.2. The average Bonchev–Trinajstić information content (AvgIpc) is 2.61. The van der Waals surface area contributed by atoms with Crippen molar-refractivity contribution in [2.75, 3.05) is 13.1 Å². The van der Waals surface area contributed by atoms with Crippen molar-refractivity contribution in [2.24, 2.45) is 0 Å². The van der Waals surface area contributed by atoms with Gasteiger partial charge in [-0.25, -0.2) is 0 Å². The lowest BCUT2D eigenvalue weighted by Crippen LogP contribution is -2.38. The van der Waals surface area contributed by atoms with Crippen LogP contribution in [0.3, 0.4) is 0 Å². The average molecular weight is 324 g/mol. The van der Waals surface area contributed by atoms with Crippen LogP contribution in [0.4, 0.5) is 5.69 Å². The number of likely N-dealkylation sites (tertiary alicyclic amines) is 1. The summed E-state index contributed by atoms with van der Waals surface area (Å²) in [5.41, 5.74) is 1.93. The quantitative estimate of drug-likeness (QED) is 0.635. The highest BCUT2D eigenvalue weighted by Crippen LogP contribution is 2.30. The molecule has 0 radical (unpaired) electrons. The van der Waals surface area contributed by atoms with Gasteiger partial charge in [-0.1, -0.05) is 42.5 Å². The molecule has 24 heavy (non-hydrogen) atoms. The predicted octanol–water partition coefficient (Wildman–Crippen LogP) is 3.92. The van der Waals surface area contributed by atoms with E-state index in [1.165, 1.54) is 5.56 Å². The van der Waals surface area contributed by atoms with Crippen LogP contribution >= 0.6 is 0 Å². The number of hydrogen-bond acceptors (Lipinski definition) is 3. The lowest BCUT2D eigenvalue weighted by atomic mass is 9.89. The molecule has 5 nitrogen and oxygen atoms in total. The minimum Gasteiger partial charge on any atom is -0.338 e. The van der Waals surface area contributed by atoms with Gasteiger partial charge in [-0.2, -0.15) is 0 Å². The summed E-state index contributed by atoms with van der Waals surface area (Å²) in [6.07, 6.45) is 1.77. The molecule has 0 aromatic heterocycles. The first-order chi connectivity index (χ1) is 11.6. The number of hydrogen-bond donors (Lipinski definition) is 0. The third-order valence-electron chi connectivity index (χ3n) is 4.70. The van der Waals surface area contributed by atoms with Gasteiger partial charge in [-0.05, 0) is 37.3 Å². The van der Waals surface area contributed by atoms with Crippen LogP contribution in [0, 0.1) is 17.0 Å². The summed E-state index contributed by atoms with van der Waals surface area (Å²) in [4.78, 5) is 25.3. The molecule has 0 unspecified atom stereocenters. The minimum absolute atomic E-state index is 0.0762. The van der Waals surface area contributed by atoms with Crippen LogP contribution in [0.2, 0.25) is 0 Å². The largest absolute Gasteiger partial charge is 0.338 e. The Morgan fingerprint density at radius 3 is 2.38 bits per heavy atom. The molecule has 0 aliphatic carbocycles. The van der Waals surface area contributed by atoms with Crippen molar-refractivity contribution in [3.05, 3.63) is 75.3 Å². The molecule has 0 atom stereocenters. The molecular formula is C19H20N2O3. The first-order valence-electron chi connectivity index (χ1n) is 8.16. The van der Waals surface area contributed by atoms with Gasteiger partial charge in [-0.3, -0.25) is 14.9 Å². The summed E-state index contributed by atoms with van der Waals surface area (Å²) in [6.45, 7) is 2.92. The lowest BCUT2D eigenvalue weighted by molar-refractivity contribution is -0.385. The summed E-state index contributed by atoms with van der Waals surface area (Å²) < 4.78 is 0. The first kappa shape index (κ1) is 16.2. The molecule has 2 aromatic rings. The van der Waals surface area contributed by atoms with E-state index in [2.05, 4.69) is 12.1 Å². The number of aryl methyl sites for hydroxylation is 1. The fraction of sp³-hybridized carbons (Fsp3) is 0.316. The number of para-hydroxylation sites is 1. The van der Waals surface area contributed by atoms with E-state index in [1.807, 2.05) is 18.2 Å². The van der Waals surface area contributed by atoms with Gasteiger partial charge in [0.05, 0.1) is 4.92 Å². The maximum absolute atomic E-state index is 12.7. The molecule has 0 bridgehead atoms. The van der Waals surface area contributed by atoms with Crippen LogP contribution in [-0.2, 0) is 0 Å². The van der Waals surface area contributed by atoms with Gasteiger partial charge >= 0.3 is 0 Å². The standard InChI is InChI=1S/C19H20N2O3/c1-14-6-5-9-17(18(14)21(23)24)19(22)20-12-10-16(11-13-20)15-7-3-2-4-8-15/h2-9,16H,10-13H2,1H3. The van der Waals surface area contributed by atoms with Crippen molar-refractivity contribution < 1.29 is 9.72 Å². The van der Waals surface area contributed by atoms with Gasteiger partial charge in [0, 0.05) is 18.7 Å². The van der Waals surface area contributed by atoms with E-state index in [9.17, 15) is 14.9 Å². The van der Waals surface area contributed by atoms with Gasteiger partial charge in [0.1, 0.15) is 5.56 Å². The smallest absolute Gasteiger partial charge is 0.285 e. The minimum atomic E-state index is -0.459. The normalized spacial score (nSPS) is 15.3. The Morgan fingerprint density at radius 2 is 1.75 bits per heavy atom. The topological polar surface area (TPSA) is 63.5 Å². The number of nitro benzene ring substituents is 1. The number of carbonyl (C=O) groups is 1. The van der Waals surface area contributed by atoms with Gasteiger partial charge in [-0.15, -0.1) is 0 Å². The maximum Gasteiger partial charge on any atom is 0.285 e. The summed E-state index contributed by atoms with van der Waals surface area (Å²) >= 11 is 0. The maximum atomic E-state index is 12.7. The fourth-order valence-electron chi connectivity index (χ4n) is 3.39. The van der Waals surface area contributed by atoms with Crippen molar-refractivity contribution in [1.82, 2.24) is 4.90 Å². The molecule has 1 amide bonds. The van der Waals surface area contributed by atoms with Gasteiger partial charge in [0.15, 0.2) is 0 Å². The van der Waals surface area contributed by atoms with E-state index in [0.717, 1.165) is 12.8 Å². The van der Waals surface area contributed by atoms with Crippen molar-refractivity contribution in [3.63, 3.8) is 0 Å². The van der Waals surface area contributed by atoms with Gasteiger partial charge in [0.25, 0.3) is 11.6 Å². The van der Waals surface area contributed by atoms with Crippen LogP contribution in [0.25, 0.3) is 0 Å². The lowest BCUT2D eigenvalue weighted by Gasteiger charge is -2.32. The van der Waals surface area contributed by atoms with Crippen molar-refractivity contribution in [1.29, 1.82) is 0 Å². The van der Waals surface area contributed by atoms with Crippen LogP contribution < -0.4 is 0 Å². The van der Waals surface area contributed by atoms with E-state index in [-0.39, 0.29) is 17.2 Å². The number of benzene rings is 2. The van der Waals surface area contributed by atoms with Gasteiger partial charge < -0.3 is 4.90 Å². The highest BCUT2D eigenvalue weighted by atomic mass is 16.6. The summed E-state index contributed by atoms with van der Waals surface area (Å²) in [7, 11) is 0. The zero-order valence-corrected chi connectivity index (χ0v) is 13.6. The Morgan fingerprint density at radius 1 is 1.08 bits per heavy atom. The second-order valence-corrected chi connectivity index (χ2v) is 6.21. The van der Waals surface area contributed by atoms with Crippen LogP contribution in [0.15, 0.2) is 48.5 Å². The number of rotatable bonds is 3. The van der Waals surface area contributed by atoms with E-state index in [4.69, 9.17) is 0 Å². The van der Waals surface area contributed by atoms with Crippen molar-refractivity contribution in [3.8, 4) is 0 Å². The Hall–Kier alpha value is -2.69. The molecule has 1 saturated heterocycles. The first-order valence-corrected chi connectivity index (χ1v) is 8.16. The monoisotopic (exact) mass is 324 g/mol. The number of nitro groups is 1. The van der Waals surface area contributed by atoms with Crippen LogP contribution in [0.5, 0.6) is 0 Å². The number of piperidine rings is 1. The Balaban J connectivity index is 1.75. The molecule has 1 aliphatic rings.